The Morgan fingerprint density at radius 3 is 2.14 bits per heavy atom. The smallest absolute Gasteiger partial charge is 0.407 e. The van der Waals surface area contributed by atoms with Gasteiger partial charge in [-0.1, -0.05) is 17.7 Å². The molecule has 5 aliphatic heterocycles. The molecule has 0 bridgehead atoms. The van der Waals surface area contributed by atoms with Gasteiger partial charge in [-0.15, -0.1) is 0 Å². The third-order valence-corrected chi connectivity index (χ3v) is 15.5. The van der Waals surface area contributed by atoms with Crippen LogP contribution in [0.3, 0.4) is 0 Å². The van der Waals surface area contributed by atoms with Crippen LogP contribution in [0.5, 0.6) is 11.5 Å². The van der Waals surface area contributed by atoms with Crippen molar-refractivity contribution in [2.24, 2.45) is 5.92 Å². The van der Waals surface area contributed by atoms with Gasteiger partial charge in [0, 0.05) is 35.2 Å². The quantitative estimate of drug-likeness (QED) is 0.0899. The molecule has 76 heavy (non-hydrogen) atoms. The number of aromatic nitrogens is 5. The number of halogens is 1. The van der Waals surface area contributed by atoms with Gasteiger partial charge in [0.2, 0.25) is 18.0 Å². The molecule has 0 saturated carbocycles. The Bertz CT molecular complexity index is 3240. The van der Waals surface area contributed by atoms with Gasteiger partial charge in [0.15, 0.2) is 0 Å². The van der Waals surface area contributed by atoms with Gasteiger partial charge in [0.25, 0.3) is 0 Å². The van der Waals surface area contributed by atoms with E-state index in [0.29, 0.717) is 85.3 Å². The molecule has 4 amide bonds. The van der Waals surface area contributed by atoms with Crippen LogP contribution in [0.2, 0.25) is 0 Å². The first-order chi connectivity index (χ1) is 36.7. The first-order valence-corrected chi connectivity index (χ1v) is 26.4. The fourth-order valence-corrected chi connectivity index (χ4v) is 12.1. The van der Waals surface area contributed by atoms with Crippen LogP contribution in [-0.4, -0.2) is 117 Å². The zero-order valence-corrected chi connectivity index (χ0v) is 43.6. The number of nitrogens with zero attached hydrogens (tertiary/aromatic N) is 5. The second kappa shape index (κ2) is 20.8. The van der Waals surface area contributed by atoms with Crippen molar-refractivity contribution in [2.75, 3.05) is 33.9 Å². The number of rotatable bonds is 11. The number of methoxy groups -OCH3 is 2. The summed E-state index contributed by atoms with van der Waals surface area (Å²) in [5.41, 5.74) is 7.29. The molecule has 0 radical (unpaired) electrons. The Kier molecular flexibility index (Phi) is 13.8. The zero-order chi connectivity index (χ0) is 52.9. The van der Waals surface area contributed by atoms with Gasteiger partial charge in [0.1, 0.15) is 41.0 Å². The van der Waals surface area contributed by atoms with Gasteiger partial charge in [-0.2, -0.15) is 0 Å². The van der Waals surface area contributed by atoms with Gasteiger partial charge in [-0.05, 0) is 139 Å². The molecule has 3 aromatic heterocycles. The normalized spacial score (nSPS) is 22.6. The lowest BCUT2D eigenvalue weighted by Crippen LogP contribution is -2.54. The van der Waals surface area contributed by atoms with Crippen molar-refractivity contribution < 1.29 is 47.3 Å². The van der Waals surface area contributed by atoms with Gasteiger partial charge >= 0.3 is 12.2 Å². The molecule has 6 aromatic rings. The molecule has 18 nitrogen and oxygen atoms in total. The van der Waals surface area contributed by atoms with Crippen molar-refractivity contribution in [3.8, 4) is 45.3 Å². The van der Waals surface area contributed by atoms with E-state index in [1.807, 2.05) is 73.6 Å². The number of amides is 4. The summed E-state index contributed by atoms with van der Waals surface area (Å²) in [6.45, 7) is 9.35. The Morgan fingerprint density at radius 2 is 1.46 bits per heavy atom. The van der Waals surface area contributed by atoms with Crippen molar-refractivity contribution in [1.82, 2.24) is 44.9 Å². The average molecular weight is 1040 g/mol. The topological polar surface area (TPSA) is 207 Å². The summed E-state index contributed by atoms with van der Waals surface area (Å²) in [5.74, 6) is 1.34. The molecule has 19 heteroatoms. The van der Waals surface area contributed by atoms with E-state index in [1.54, 1.807) is 23.4 Å². The summed E-state index contributed by atoms with van der Waals surface area (Å²) in [6, 6.07) is 15.1. The second-order valence-electron chi connectivity index (χ2n) is 21.0. The van der Waals surface area contributed by atoms with E-state index in [4.69, 9.17) is 33.7 Å². The number of carbonyl (C=O) groups excluding carboxylic acids is 4. The number of nitrogens with one attached hydrogen (secondary N) is 4. The lowest BCUT2D eigenvalue weighted by atomic mass is 9.85. The first-order valence-electron chi connectivity index (χ1n) is 26.4. The number of imidazole rings is 2. The number of carbonyl (C=O) groups is 4. The number of likely N-dealkylation sites (tertiary alicyclic amines) is 2. The molecule has 4 N–H and O–H groups in total. The number of ether oxygens (including phenoxy) is 5. The Hall–Kier alpha value is -7.67. The number of aryl methyl sites for hydroxylation is 1. The molecule has 5 aliphatic rings. The maximum atomic E-state index is 17.1. The minimum atomic E-state index is -0.920. The maximum absolute atomic E-state index is 17.1. The Morgan fingerprint density at radius 1 is 0.789 bits per heavy atom. The van der Waals surface area contributed by atoms with E-state index in [9.17, 15) is 19.2 Å². The van der Waals surface area contributed by atoms with Crippen LogP contribution in [-0.2, 0) is 30.2 Å². The molecule has 3 fully saturated rings. The molecule has 3 aromatic carbocycles. The minimum Gasteiger partial charge on any atom is -0.493 e. The van der Waals surface area contributed by atoms with Crippen molar-refractivity contribution in [1.29, 1.82) is 0 Å². The van der Waals surface area contributed by atoms with Gasteiger partial charge in [0.05, 0.1) is 85.7 Å². The van der Waals surface area contributed by atoms with Crippen LogP contribution in [0.1, 0.15) is 114 Å². The van der Waals surface area contributed by atoms with Crippen LogP contribution in [0, 0.1) is 11.7 Å². The molecule has 0 aliphatic carbocycles. The lowest BCUT2D eigenvalue weighted by Gasteiger charge is -2.38. The van der Waals surface area contributed by atoms with E-state index in [1.165, 1.54) is 20.3 Å². The predicted octanol–water partition coefficient (Wildman–Crippen LogP) is 9.44. The number of alkyl carbamates (subject to hydrolysis) is 2. The fraction of sp³-hybridized carbons (Fsp3) is 0.439. The number of hydrogen-bond acceptors (Lipinski definition) is 11. The highest BCUT2D eigenvalue weighted by atomic mass is 19.1. The molecule has 4 unspecified atom stereocenters. The fourth-order valence-electron chi connectivity index (χ4n) is 12.1. The molecule has 3 saturated heterocycles. The van der Waals surface area contributed by atoms with Crippen molar-refractivity contribution in [3.63, 3.8) is 0 Å². The molecular weight excluding hydrogens is 974 g/mol. The third kappa shape index (κ3) is 9.64. The van der Waals surface area contributed by atoms with Crippen LogP contribution in [0.4, 0.5) is 14.0 Å². The van der Waals surface area contributed by atoms with Crippen molar-refractivity contribution in [2.45, 2.75) is 122 Å². The molecule has 11 rings (SSSR count). The minimum absolute atomic E-state index is 0.0572. The highest BCUT2D eigenvalue weighted by Gasteiger charge is 2.43. The standard InChI is InChI=1S/C57H64FN9O9/c1-30(2)20-40(63-56(70)72-5)53(68)65-17-7-11-44(65)51-60-29-42(62-51)36-25-39(58)49-46-26-37-23-33(13-15-43(37)67(46)55(76-48(49)27-36)35-14-16-47-34(24-35)10-9-19-74-47)41-28-59-52(61-41)45-12-8-18-66(45)54(69)50(64-57(71)73-6)38-21-31(3)75-32(4)22-38/h13-16,20,23-29,31-32,38,40,44-45,50,55H,7-12,17-19,21-22H2,1-6H3,(H,59,61)(H,60,62)(H,63,70)(H,64,71)/t31-,32+,38?,40?,44-,45-,50?,55?/m0/s1. The number of fused-ring (bicyclic) bond motifs is 6. The van der Waals surface area contributed by atoms with E-state index < -0.39 is 42.4 Å². The maximum Gasteiger partial charge on any atom is 0.407 e. The second-order valence-corrected chi connectivity index (χ2v) is 21.0. The van der Waals surface area contributed by atoms with Crippen LogP contribution in [0.15, 0.2) is 78.6 Å². The number of allylic oxidation sites excluding steroid dienone is 1. The number of H-pyrrole nitrogens is 2. The van der Waals surface area contributed by atoms with E-state index in [2.05, 4.69) is 32.7 Å². The summed E-state index contributed by atoms with van der Waals surface area (Å²) < 4.78 is 47.9. The summed E-state index contributed by atoms with van der Waals surface area (Å²) in [6.07, 6.45) is 8.86. The largest absolute Gasteiger partial charge is 0.493 e. The van der Waals surface area contributed by atoms with Crippen molar-refractivity contribution in [3.05, 3.63) is 107 Å². The summed E-state index contributed by atoms with van der Waals surface area (Å²) in [5, 5.41) is 6.36. The zero-order valence-electron chi connectivity index (χ0n) is 43.6. The average Bonchev–Trinajstić information content (AvgIpc) is 4.31. The third-order valence-electron chi connectivity index (χ3n) is 15.5. The number of aromatic amines is 2. The van der Waals surface area contributed by atoms with E-state index >= 15 is 4.39 Å². The molecule has 8 heterocycles. The van der Waals surface area contributed by atoms with Crippen LogP contribution in [0.25, 0.3) is 44.7 Å². The van der Waals surface area contributed by atoms with Gasteiger partial charge < -0.3 is 58.7 Å². The Labute approximate surface area is 439 Å². The Balaban J connectivity index is 0.908. The molecule has 8 atom stereocenters. The lowest BCUT2D eigenvalue weighted by molar-refractivity contribution is -0.138. The van der Waals surface area contributed by atoms with Gasteiger partial charge in [-0.3, -0.25) is 9.59 Å². The predicted molar refractivity (Wildman–Crippen MR) is 280 cm³/mol. The summed E-state index contributed by atoms with van der Waals surface area (Å²) in [4.78, 5) is 73.3. The van der Waals surface area contributed by atoms with E-state index in [-0.39, 0.29) is 36.0 Å². The molecule has 398 valence electrons. The highest BCUT2D eigenvalue weighted by molar-refractivity contribution is 5.93. The van der Waals surface area contributed by atoms with E-state index in [0.717, 1.165) is 70.3 Å². The van der Waals surface area contributed by atoms with Crippen LogP contribution < -0.4 is 20.1 Å². The summed E-state index contributed by atoms with van der Waals surface area (Å²) in [7, 11) is 2.56. The molecule has 0 spiro atoms. The summed E-state index contributed by atoms with van der Waals surface area (Å²) >= 11 is 0. The number of benzene rings is 3. The van der Waals surface area contributed by atoms with Crippen LogP contribution >= 0.6 is 0 Å². The highest BCUT2D eigenvalue weighted by Crippen LogP contribution is 2.48. The number of hydrogen-bond donors (Lipinski definition) is 4. The van der Waals surface area contributed by atoms with Gasteiger partial charge in [-0.25, -0.2) is 23.9 Å². The monoisotopic (exact) mass is 1040 g/mol. The van der Waals surface area contributed by atoms with Crippen molar-refractivity contribution >= 4 is 34.9 Å². The molecular formula is C57H64FN9O9. The SMILES string of the molecule is COC(=O)NC(C=C(C)C)C(=O)N1CCC[C@H]1c1ncc(-c2cc(F)c3c(c2)OC(c2ccc4c(c2)CCCO4)n2c-3cc3cc(-c4cnc([C@@H]5CCCN5C(=O)C(NC(=O)OC)C5C[C@@H](C)O[C@@H](C)C5)[nH]4)ccc32)[nH]1. The first kappa shape index (κ1) is 50.5.